The number of nitrogens with two attached hydrogens (primary N) is 1. The molecule has 0 aromatic carbocycles. The Labute approximate surface area is 120 Å². The Bertz CT molecular complexity index is 691. The van der Waals surface area contributed by atoms with E-state index in [0.29, 0.717) is 24.3 Å². The zero-order valence-corrected chi connectivity index (χ0v) is 11.2. The Morgan fingerprint density at radius 2 is 2.19 bits per heavy atom. The van der Waals surface area contributed by atoms with Crippen LogP contribution in [0.4, 0.5) is 0 Å². The summed E-state index contributed by atoms with van der Waals surface area (Å²) in [7, 11) is 0. The molecule has 0 bridgehead atoms. The fourth-order valence-electron chi connectivity index (χ4n) is 2.24. The van der Waals surface area contributed by atoms with Gasteiger partial charge in [-0.05, 0) is 12.1 Å². The van der Waals surface area contributed by atoms with Gasteiger partial charge in [-0.2, -0.15) is 0 Å². The molecule has 0 fully saturated rings. The van der Waals surface area contributed by atoms with Crippen molar-refractivity contribution in [2.75, 3.05) is 6.54 Å². The number of rotatable bonds is 2. The first-order chi connectivity index (χ1) is 10.2. The lowest BCUT2D eigenvalue weighted by Crippen LogP contribution is -2.38. The van der Waals surface area contributed by atoms with Gasteiger partial charge in [0, 0.05) is 37.2 Å². The number of amidine groups is 1. The van der Waals surface area contributed by atoms with Gasteiger partial charge in [0.25, 0.3) is 5.91 Å². The van der Waals surface area contributed by atoms with Crippen LogP contribution in [0.2, 0.25) is 0 Å². The summed E-state index contributed by atoms with van der Waals surface area (Å²) in [5.74, 6) is 0.666. The van der Waals surface area contributed by atoms with Crippen molar-refractivity contribution < 1.29 is 10.0 Å². The number of amides is 1. The van der Waals surface area contributed by atoms with Crippen LogP contribution in [0.3, 0.4) is 0 Å². The molecular formula is C13H14N6O2. The number of hydrogen-bond donors (Lipinski definition) is 2. The van der Waals surface area contributed by atoms with Gasteiger partial charge >= 0.3 is 0 Å². The maximum atomic E-state index is 12.4. The molecule has 2 aromatic rings. The van der Waals surface area contributed by atoms with E-state index in [0.717, 1.165) is 12.4 Å². The van der Waals surface area contributed by atoms with Crippen LogP contribution in [0.1, 0.15) is 21.9 Å². The summed E-state index contributed by atoms with van der Waals surface area (Å²) in [6, 6.07) is 3.16. The standard InChI is InChI=1S/C13H14N6O2/c14-12(17-21)9-1-2-10(16-7-9)13(20)19-6-5-18-4-3-15-11(18)8-19/h1-4,7,21H,5-6,8H2,(H2,14,17). The number of nitrogens with zero attached hydrogens (tertiary/aromatic N) is 5. The number of carbonyl (C=O) groups excluding carboxylic acids is 1. The van der Waals surface area contributed by atoms with Crippen LogP contribution in [0.15, 0.2) is 35.9 Å². The Hall–Kier alpha value is -2.90. The number of carbonyl (C=O) groups is 1. The van der Waals surface area contributed by atoms with Crippen LogP contribution in [-0.2, 0) is 13.1 Å². The lowest BCUT2D eigenvalue weighted by molar-refractivity contribution is 0.0701. The van der Waals surface area contributed by atoms with E-state index in [4.69, 9.17) is 10.9 Å². The molecule has 0 aliphatic carbocycles. The lowest BCUT2D eigenvalue weighted by Gasteiger charge is -2.27. The normalized spacial score (nSPS) is 14.9. The molecule has 8 nitrogen and oxygen atoms in total. The van der Waals surface area contributed by atoms with Crippen LogP contribution in [0.25, 0.3) is 0 Å². The van der Waals surface area contributed by atoms with E-state index in [9.17, 15) is 4.79 Å². The van der Waals surface area contributed by atoms with E-state index < -0.39 is 0 Å². The molecule has 8 heteroatoms. The summed E-state index contributed by atoms with van der Waals surface area (Å²) in [4.78, 5) is 22.4. The summed E-state index contributed by atoms with van der Waals surface area (Å²) in [6.07, 6.45) is 5.04. The molecular weight excluding hydrogens is 272 g/mol. The molecule has 1 aliphatic heterocycles. The summed E-state index contributed by atoms with van der Waals surface area (Å²) in [5.41, 5.74) is 6.24. The fourth-order valence-corrected chi connectivity index (χ4v) is 2.24. The SMILES string of the molecule is NC(=NO)c1ccc(C(=O)N2CCn3ccnc3C2)nc1. The molecule has 0 atom stereocenters. The molecule has 3 rings (SSSR count). The van der Waals surface area contributed by atoms with Gasteiger partial charge in [-0.15, -0.1) is 0 Å². The van der Waals surface area contributed by atoms with E-state index in [1.54, 1.807) is 23.2 Å². The third-order valence-electron chi connectivity index (χ3n) is 3.42. The quantitative estimate of drug-likeness (QED) is 0.350. The van der Waals surface area contributed by atoms with Crippen LogP contribution >= 0.6 is 0 Å². The highest BCUT2D eigenvalue weighted by molar-refractivity contribution is 5.98. The monoisotopic (exact) mass is 286 g/mol. The Kier molecular flexibility index (Phi) is 3.27. The molecule has 3 heterocycles. The van der Waals surface area contributed by atoms with E-state index in [1.165, 1.54) is 6.20 Å². The van der Waals surface area contributed by atoms with E-state index >= 15 is 0 Å². The van der Waals surface area contributed by atoms with Gasteiger partial charge in [0.1, 0.15) is 11.5 Å². The minimum atomic E-state index is -0.157. The van der Waals surface area contributed by atoms with Gasteiger partial charge in [-0.3, -0.25) is 9.78 Å². The second kappa shape index (κ2) is 5.23. The second-order valence-electron chi connectivity index (χ2n) is 4.68. The van der Waals surface area contributed by atoms with Crippen molar-refractivity contribution in [3.63, 3.8) is 0 Å². The molecule has 1 amide bonds. The van der Waals surface area contributed by atoms with Crippen LogP contribution < -0.4 is 5.73 Å². The highest BCUT2D eigenvalue weighted by atomic mass is 16.4. The zero-order chi connectivity index (χ0) is 14.8. The first kappa shape index (κ1) is 13.1. The second-order valence-corrected chi connectivity index (χ2v) is 4.68. The molecule has 0 radical (unpaired) electrons. The first-order valence-corrected chi connectivity index (χ1v) is 6.42. The van der Waals surface area contributed by atoms with Gasteiger partial charge in [-0.1, -0.05) is 5.16 Å². The van der Waals surface area contributed by atoms with Gasteiger partial charge in [0.15, 0.2) is 5.84 Å². The summed E-state index contributed by atoms with van der Waals surface area (Å²) in [6.45, 7) is 1.81. The minimum absolute atomic E-state index is 0.0403. The van der Waals surface area contributed by atoms with Crippen LogP contribution in [0.5, 0.6) is 0 Å². The largest absolute Gasteiger partial charge is 0.409 e. The summed E-state index contributed by atoms with van der Waals surface area (Å²) >= 11 is 0. The number of aromatic nitrogens is 3. The average molecular weight is 286 g/mol. The average Bonchev–Trinajstić information content (AvgIpc) is 3.01. The Morgan fingerprint density at radius 3 is 2.90 bits per heavy atom. The molecule has 0 unspecified atom stereocenters. The zero-order valence-electron chi connectivity index (χ0n) is 11.2. The van der Waals surface area contributed by atoms with Crippen molar-refractivity contribution in [2.45, 2.75) is 13.1 Å². The molecule has 1 aliphatic rings. The topological polar surface area (TPSA) is 110 Å². The van der Waals surface area contributed by atoms with Crippen molar-refractivity contribution in [1.29, 1.82) is 0 Å². The van der Waals surface area contributed by atoms with Gasteiger partial charge in [0.2, 0.25) is 0 Å². The molecule has 3 N–H and O–H groups in total. The Morgan fingerprint density at radius 1 is 1.33 bits per heavy atom. The summed E-state index contributed by atoms with van der Waals surface area (Å²) < 4.78 is 2.03. The number of imidazole rings is 1. The maximum Gasteiger partial charge on any atom is 0.272 e. The minimum Gasteiger partial charge on any atom is -0.409 e. The first-order valence-electron chi connectivity index (χ1n) is 6.42. The molecule has 0 saturated heterocycles. The van der Waals surface area contributed by atoms with Crippen molar-refractivity contribution in [3.05, 3.63) is 47.8 Å². The van der Waals surface area contributed by atoms with Gasteiger partial charge < -0.3 is 20.4 Å². The molecule has 0 saturated carbocycles. The molecule has 21 heavy (non-hydrogen) atoms. The fraction of sp³-hybridized carbons (Fsp3) is 0.231. The third-order valence-corrected chi connectivity index (χ3v) is 3.42. The van der Waals surface area contributed by atoms with E-state index in [-0.39, 0.29) is 11.7 Å². The smallest absolute Gasteiger partial charge is 0.272 e. The third kappa shape index (κ3) is 2.42. The van der Waals surface area contributed by atoms with Crippen molar-refractivity contribution in [2.24, 2.45) is 10.9 Å². The summed E-state index contributed by atoms with van der Waals surface area (Å²) in [5, 5.41) is 11.5. The van der Waals surface area contributed by atoms with Crippen molar-refractivity contribution in [1.82, 2.24) is 19.4 Å². The highest BCUT2D eigenvalue weighted by Gasteiger charge is 2.23. The van der Waals surface area contributed by atoms with Crippen molar-refractivity contribution >= 4 is 11.7 Å². The van der Waals surface area contributed by atoms with Crippen LogP contribution in [-0.4, -0.2) is 42.9 Å². The number of oxime groups is 1. The Balaban J connectivity index is 1.77. The molecule has 108 valence electrons. The number of fused-ring (bicyclic) bond motifs is 1. The van der Waals surface area contributed by atoms with Gasteiger partial charge in [-0.25, -0.2) is 4.98 Å². The van der Waals surface area contributed by atoms with E-state index in [1.807, 2.05) is 10.8 Å². The van der Waals surface area contributed by atoms with Crippen LogP contribution in [0, 0.1) is 0 Å². The number of pyridine rings is 1. The predicted octanol–water partition coefficient (Wildman–Crippen LogP) is 0.0286. The maximum absolute atomic E-state index is 12.4. The van der Waals surface area contributed by atoms with Crippen molar-refractivity contribution in [3.8, 4) is 0 Å². The lowest BCUT2D eigenvalue weighted by atomic mass is 10.2. The molecule has 0 spiro atoms. The van der Waals surface area contributed by atoms with E-state index in [2.05, 4.69) is 15.1 Å². The van der Waals surface area contributed by atoms with Gasteiger partial charge in [0.05, 0.1) is 6.54 Å². The highest BCUT2D eigenvalue weighted by Crippen LogP contribution is 2.13. The predicted molar refractivity (Wildman–Crippen MR) is 73.7 cm³/mol. The molecule has 2 aromatic heterocycles. The number of hydrogen-bond acceptors (Lipinski definition) is 5.